The van der Waals surface area contributed by atoms with Crippen molar-refractivity contribution in [2.45, 2.75) is 46.6 Å². The van der Waals surface area contributed by atoms with Crippen LogP contribution in [0, 0.1) is 17.3 Å². The lowest BCUT2D eigenvalue weighted by molar-refractivity contribution is -0.119. The molecule has 0 heterocycles. The van der Waals surface area contributed by atoms with Crippen molar-refractivity contribution in [1.29, 1.82) is 0 Å². The number of hydrogen-bond acceptors (Lipinski definition) is 3. The summed E-state index contributed by atoms with van der Waals surface area (Å²) in [5.41, 5.74) is 0.669. The summed E-state index contributed by atoms with van der Waals surface area (Å²) in [6.45, 7) is 8.16. The average molecular weight is 346 g/mol. The number of nitrogens with zero attached hydrogens (tertiary/aromatic N) is 1. The van der Waals surface area contributed by atoms with Gasteiger partial charge in [-0.2, -0.15) is 0 Å². The minimum Gasteiger partial charge on any atom is -0.392 e. The van der Waals surface area contributed by atoms with Crippen LogP contribution in [0.2, 0.25) is 0 Å². The van der Waals surface area contributed by atoms with E-state index in [1.54, 1.807) is 30.1 Å². The minimum atomic E-state index is -0.512. The number of para-hydroxylation sites is 1. The van der Waals surface area contributed by atoms with E-state index in [2.05, 4.69) is 5.32 Å². The highest BCUT2D eigenvalue weighted by molar-refractivity contribution is 6.05. The molecule has 2 amide bonds. The second-order valence-electron chi connectivity index (χ2n) is 8.05. The van der Waals surface area contributed by atoms with Crippen molar-refractivity contribution < 1.29 is 14.7 Å². The summed E-state index contributed by atoms with van der Waals surface area (Å²) in [5, 5.41) is 13.2. The lowest BCUT2D eigenvalue weighted by atomic mass is 9.80. The van der Waals surface area contributed by atoms with Gasteiger partial charge in [-0.3, -0.25) is 9.59 Å². The smallest absolute Gasteiger partial charge is 0.253 e. The van der Waals surface area contributed by atoms with Crippen LogP contribution in [0.15, 0.2) is 24.3 Å². The Balaban J connectivity index is 2.10. The molecule has 0 saturated heterocycles. The Labute approximate surface area is 150 Å². The van der Waals surface area contributed by atoms with Gasteiger partial charge in [0.05, 0.1) is 17.4 Å². The van der Waals surface area contributed by atoms with E-state index < -0.39 is 11.5 Å². The maximum atomic E-state index is 12.7. The Hall–Kier alpha value is -1.88. The van der Waals surface area contributed by atoms with Crippen LogP contribution >= 0.6 is 0 Å². The van der Waals surface area contributed by atoms with Crippen molar-refractivity contribution in [2.24, 2.45) is 17.3 Å². The van der Waals surface area contributed by atoms with Gasteiger partial charge in [0.25, 0.3) is 5.91 Å². The SMILES string of the molecule is CC(C)C(O)C(C)(C)CNC(=O)c1ccccc1N(C)C(=O)C1CC1. The zero-order chi connectivity index (χ0) is 18.8. The van der Waals surface area contributed by atoms with Crippen LogP contribution in [0.25, 0.3) is 0 Å². The van der Waals surface area contributed by atoms with E-state index in [1.165, 1.54) is 0 Å². The number of carbonyl (C=O) groups is 2. The molecule has 5 nitrogen and oxygen atoms in total. The van der Waals surface area contributed by atoms with E-state index >= 15 is 0 Å². The third kappa shape index (κ3) is 4.60. The number of carbonyl (C=O) groups excluding carboxylic acids is 2. The quantitative estimate of drug-likeness (QED) is 0.797. The molecule has 1 fully saturated rings. The van der Waals surface area contributed by atoms with Gasteiger partial charge in [-0.15, -0.1) is 0 Å². The first-order valence-electron chi connectivity index (χ1n) is 8.98. The van der Waals surface area contributed by atoms with Gasteiger partial charge in [0.15, 0.2) is 0 Å². The Bertz CT molecular complexity index is 636. The van der Waals surface area contributed by atoms with E-state index in [0.29, 0.717) is 17.8 Å². The molecule has 1 unspecified atom stereocenters. The zero-order valence-electron chi connectivity index (χ0n) is 15.9. The third-order valence-corrected chi connectivity index (χ3v) is 4.90. The molecular weight excluding hydrogens is 316 g/mol. The number of hydrogen-bond donors (Lipinski definition) is 2. The summed E-state index contributed by atoms with van der Waals surface area (Å²) in [5.74, 6) is 0.0496. The summed E-state index contributed by atoms with van der Waals surface area (Å²) in [6.07, 6.45) is 1.35. The predicted octanol–water partition coefficient (Wildman–Crippen LogP) is 2.83. The molecule has 1 aromatic carbocycles. The van der Waals surface area contributed by atoms with E-state index in [-0.39, 0.29) is 23.7 Å². The summed E-state index contributed by atoms with van der Waals surface area (Å²) < 4.78 is 0. The highest BCUT2D eigenvalue weighted by atomic mass is 16.3. The van der Waals surface area contributed by atoms with E-state index in [1.807, 2.05) is 33.8 Å². The predicted molar refractivity (Wildman–Crippen MR) is 99.5 cm³/mol. The molecule has 1 aliphatic carbocycles. The van der Waals surface area contributed by atoms with Crippen LogP contribution < -0.4 is 10.2 Å². The molecule has 0 aliphatic heterocycles. The molecule has 0 spiro atoms. The minimum absolute atomic E-state index is 0.0656. The maximum Gasteiger partial charge on any atom is 0.253 e. The van der Waals surface area contributed by atoms with Crippen LogP contribution in [0.4, 0.5) is 5.69 Å². The van der Waals surface area contributed by atoms with Crippen molar-refractivity contribution >= 4 is 17.5 Å². The first-order valence-corrected chi connectivity index (χ1v) is 8.98. The molecule has 0 radical (unpaired) electrons. The molecule has 138 valence electrons. The fraction of sp³-hybridized carbons (Fsp3) is 0.600. The summed E-state index contributed by atoms with van der Waals surface area (Å²) in [4.78, 5) is 26.6. The number of anilines is 1. The number of amides is 2. The zero-order valence-corrected chi connectivity index (χ0v) is 15.9. The molecule has 25 heavy (non-hydrogen) atoms. The van der Waals surface area contributed by atoms with E-state index in [9.17, 15) is 14.7 Å². The third-order valence-electron chi connectivity index (χ3n) is 4.90. The first kappa shape index (κ1) is 19.4. The number of aliphatic hydroxyl groups excluding tert-OH is 1. The molecule has 0 aromatic heterocycles. The maximum absolute atomic E-state index is 12.7. The van der Waals surface area contributed by atoms with Crippen molar-refractivity contribution in [3.63, 3.8) is 0 Å². The highest BCUT2D eigenvalue weighted by Crippen LogP contribution is 2.33. The molecular formula is C20H30N2O3. The highest BCUT2D eigenvalue weighted by Gasteiger charge is 2.34. The molecule has 1 aliphatic rings. The van der Waals surface area contributed by atoms with Crippen LogP contribution in [0.5, 0.6) is 0 Å². The Morgan fingerprint density at radius 1 is 1.28 bits per heavy atom. The van der Waals surface area contributed by atoms with Crippen molar-refractivity contribution in [3.8, 4) is 0 Å². The van der Waals surface area contributed by atoms with Gasteiger partial charge < -0.3 is 15.3 Å². The molecule has 1 saturated carbocycles. The molecule has 1 atom stereocenters. The summed E-state index contributed by atoms with van der Waals surface area (Å²) in [6, 6.07) is 7.15. The fourth-order valence-corrected chi connectivity index (χ4v) is 3.09. The molecule has 2 N–H and O–H groups in total. The van der Waals surface area contributed by atoms with E-state index in [4.69, 9.17) is 0 Å². The van der Waals surface area contributed by atoms with Gasteiger partial charge >= 0.3 is 0 Å². The molecule has 0 bridgehead atoms. The van der Waals surface area contributed by atoms with Crippen LogP contribution in [0.1, 0.15) is 50.9 Å². The normalized spacial score (nSPS) is 15.8. The monoisotopic (exact) mass is 346 g/mol. The Morgan fingerprint density at radius 3 is 2.44 bits per heavy atom. The number of rotatable bonds is 7. The van der Waals surface area contributed by atoms with Gasteiger partial charge in [0, 0.05) is 24.9 Å². The van der Waals surface area contributed by atoms with Gasteiger partial charge in [-0.25, -0.2) is 0 Å². The molecule has 1 aromatic rings. The van der Waals surface area contributed by atoms with Crippen molar-refractivity contribution in [1.82, 2.24) is 5.32 Å². The summed E-state index contributed by atoms with van der Waals surface area (Å²) in [7, 11) is 1.72. The van der Waals surface area contributed by atoms with Gasteiger partial charge in [-0.1, -0.05) is 39.8 Å². The van der Waals surface area contributed by atoms with Crippen LogP contribution in [-0.2, 0) is 4.79 Å². The van der Waals surface area contributed by atoms with Crippen LogP contribution in [-0.4, -0.2) is 36.6 Å². The summed E-state index contributed by atoms with van der Waals surface area (Å²) >= 11 is 0. The average Bonchev–Trinajstić information content (AvgIpc) is 3.42. The number of aliphatic hydroxyl groups is 1. The largest absolute Gasteiger partial charge is 0.392 e. The standard InChI is InChI=1S/C20H30N2O3/c1-13(2)17(23)20(3,4)12-21-18(24)15-8-6-7-9-16(15)22(5)19(25)14-10-11-14/h6-9,13-14,17,23H,10-12H2,1-5H3,(H,21,24). The Morgan fingerprint density at radius 2 is 1.88 bits per heavy atom. The van der Waals surface area contributed by atoms with Gasteiger partial charge in [0.2, 0.25) is 5.91 Å². The van der Waals surface area contributed by atoms with Gasteiger partial charge in [0.1, 0.15) is 0 Å². The second kappa shape index (κ2) is 7.56. The first-order chi connectivity index (χ1) is 11.6. The topological polar surface area (TPSA) is 69.6 Å². The number of benzene rings is 1. The van der Waals surface area contributed by atoms with Crippen molar-refractivity contribution in [2.75, 3.05) is 18.5 Å². The molecule has 5 heteroatoms. The molecule has 2 rings (SSSR count). The second-order valence-corrected chi connectivity index (χ2v) is 8.05. The van der Waals surface area contributed by atoms with Crippen LogP contribution in [0.3, 0.4) is 0 Å². The fourth-order valence-electron chi connectivity index (χ4n) is 3.09. The lowest BCUT2D eigenvalue weighted by Gasteiger charge is -2.33. The van der Waals surface area contributed by atoms with E-state index in [0.717, 1.165) is 12.8 Å². The van der Waals surface area contributed by atoms with Gasteiger partial charge in [-0.05, 0) is 30.9 Å². The van der Waals surface area contributed by atoms with Crippen molar-refractivity contribution in [3.05, 3.63) is 29.8 Å². The Kier molecular flexibility index (Phi) is 5.88. The lowest BCUT2D eigenvalue weighted by Crippen LogP contribution is -2.43. The number of nitrogens with one attached hydrogen (secondary N) is 1.